The first-order valence-corrected chi connectivity index (χ1v) is 9.02. The number of aromatic nitrogens is 2. The second-order valence-corrected chi connectivity index (χ2v) is 7.11. The molecule has 26 heavy (non-hydrogen) atoms. The number of rotatable bonds is 5. The monoisotopic (exact) mass is 354 g/mol. The molecule has 0 aromatic carbocycles. The molecule has 0 spiro atoms. The molecule has 4 rings (SSSR count). The first-order valence-electron chi connectivity index (χ1n) is 9.02. The summed E-state index contributed by atoms with van der Waals surface area (Å²) in [4.78, 5) is 34.8. The second kappa shape index (κ2) is 6.90. The highest BCUT2D eigenvalue weighted by Crippen LogP contribution is 2.37. The number of hydrogen-bond acceptors (Lipinski definition) is 5. The zero-order valence-corrected chi connectivity index (χ0v) is 14.7. The van der Waals surface area contributed by atoms with Crippen LogP contribution >= 0.6 is 0 Å². The molecule has 2 aromatic rings. The first-order chi connectivity index (χ1) is 12.6. The quantitative estimate of drug-likeness (QED) is 0.890. The molecule has 2 aromatic heterocycles. The highest BCUT2D eigenvalue weighted by Gasteiger charge is 2.38. The van der Waals surface area contributed by atoms with Gasteiger partial charge in [0, 0.05) is 44.2 Å². The van der Waals surface area contributed by atoms with Gasteiger partial charge in [0.15, 0.2) is 11.6 Å². The maximum absolute atomic E-state index is 12.4. The zero-order valence-electron chi connectivity index (χ0n) is 14.7. The van der Waals surface area contributed by atoms with E-state index in [4.69, 9.17) is 4.42 Å². The van der Waals surface area contributed by atoms with Crippen LogP contribution in [0.5, 0.6) is 0 Å². The fraction of sp³-hybridized carbons (Fsp3) is 0.474. The third kappa shape index (κ3) is 3.09. The van der Waals surface area contributed by atoms with Gasteiger partial charge in [0.1, 0.15) is 6.26 Å². The summed E-state index contributed by atoms with van der Waals surface area (Å²) in [6.45, 7) is 0.403. The van der Waals surface area contributed by atoms with Crippen LogP contribution in [0.25, 0.3) is 0 Å². The molecule has 136 valence electrons. The molecule has 2 fully saturated rings. The summed E-state index contributed by atoms with van der Waals surface area (Å²) in [5.74, 6) is 0.828. The highest BCUT2D eigenvalue weighted by atomic mass is 16.3. The van der Waals surface area contributed by atoms with Crippen molar-refractivity contribution in [3.63, 3.8) is 0 Å². The number of oxazole rings is 1. The van der Waals surface area contributed by atoms with E-state index in [1.165, 1.54) is 12.7 Å². The molecular weight excluding hydrogens is 332 g/mol. The predicted octanol–water partition coefficient (Wildman–Crippen LogP) is 2.29. The Morgan fingerprint density at radius 1 is 1.42 bits per heavy atom. The van der Waals surface area contributed by atoms with E-state index >= 15 is 0 Å². The van der Waals surface area contributed by atoms with Gasteiger partial charge in [-0.3, -0.25) is 14.6 Å². The lowest BCUT2D eigenvalue weighted by Gasteiger charge is -2.25. The van der Waals surface area contributed by atoms with E-state index < -0.39 is 0 Å². The van der Waals surface area contributed by atoms with Crippen LogP contribution in [0.3, 0.4) is 0 Å². The van der Waals surface area contributed by atoms with Crippen LogP contribution in [0.15, 0.2) is 35.2 Å². The molecule has 1 saturated carbocycles. The molecule has 2 aliphatic rings. The third-order valence-electron chi connectivity index (χ3n) is 5.45. The summed E-state index contributed by atoms with van der Waals surface area (Å²) in [6.07, 6.45) is 8.65. The number of carbonyl (C=O) groups excluding carboxylic acids is 2. The molecule has 1 aliphatic carbocycles. The van der Waals surface area contributed by atoms with Gasteiger partial charge in [0.05, 0.1) is 6.04 Å². The van der Waals surface area contributed by atoms with Gasteiger partial charge in [0.2, 0.25) is 5.91 Å². The van der Waals surface area contributed by atoms with Crippen molar-refractivity contribution in [2.24, 2.45) is 5.92 Å². The van der Waals surface area contributed by atoms with E-state index in [1.807, 2.05) is 12.1 Å². The fourth-order valence-electron chi connectivity index (χ4n) is 3.73. The first kappa shape index (κ1) is 16.8. The van der Waals surface area contributed by atoms with E-state index in [-0.39, 0.29) is 23.8 Å². The largest absolute Gasteiger partial charge is 0.448 e. The molecule has 0 unspecified atom stereocenters. The molecule has 3 heterocycles. The molecule has 1 aliphatic heterocycles. The van der Waals surface area contributed by atoms with Crippen molar-refractivity contribution in [1.29, 1.82) is 0 Å². The van der Waals surface area contributed by atoms with Crippen LogP contribution in [-0.2, 0) is 4.79 Å². The molecule has 7 nitrogen and oxygen atoms in total. The third-order valence-corrected chi connectivity index (χ3v) is 5.45. The number of nitrogens with zero attached hydrogens (tertiary/aromatic N) is 3. The Hall–Kier alpha value is -2.70. The number of hydrogen-bond donors (Lipinski definition) is 1. The van der Waals surface area contributed by atoms with Gasteiger partial charge in [-0.15, -0.1) is 0 Å². The maximum Gasteiger partial charge on any atom is 0.273 e. The summed E-state index contributed by atoms with van der Waals surface area (Å²) in [5.41, 5.74) is 1.29. The van der Waals surface area contributed by atoms with Gasteiger partial charge >= 0.3 is 0 Å². The average Bonchev–Trinajstić information content (AvgIpc) is 3.18. The summed E-state index contributed by atoms with van der Waals surface area (Å²) in [6, 6.07) is 3.74. The van der Waals surface area contributed by atoms with Gasteiger partial charge in [-0.05, 0) is 24.5 Å². The minimum Gasteiger partial charge on any atom is -0.448 e. The molecule has 2 atom stereocenters. The van der Waals surface area contributed by atoms with E-state index in [0.29, 0.717) is 30.5 Å². The van der Waals surface area contributed by atoms with Crippen molar-refractivity contribution in [3.8, 4) is 0 Å². The van der Waals surface area contributed by atoms with E-state index in [9.17, 15) is 9.59 Å². The number of pyridine rings is 1. The number of amides is 2. The number of carbonyl (C=O) groups is 2. The summed E-state index contributed by atoms with van der Waals surface area (Å²) >= 11 is 0. The molecule has 0 bridgehead atoms. The molecule has 1 saturated heterocycles. The van der Waals surface area contributed by atoms with Gasteiger partial charge in [0.25, 0.3) is 5.91 Å². The average molecular weight is 354 g/mol. The van der Waals surface area contributed by atoms with Crippen LogP contribution in [0.4, 0.5) is 0 Å². The topological polar surface area (TPSA) is 88.3 Å². The molecule has 2 amide bonds. The van der Waals surface area contributed by atoms with Crippen molar-refractivity contribution in [3.05, 3.63) is 47.9 Å². The minimum atomic E-state index is -0.258. The predicted molar refractivity (Wildman–Crippen MR) is 93.3 cm³/mol. The Labute approximate surface area is 151 Å². The van der Waals surface area contributed by atoms with Crippen molar-refractivity contribution < 1.29 is 14.0 Å². The molecular formula is C19H22N4O3. The van der Waals surface area contributed by atoms with Crippen molar-refractivity contribution in [2.45, 2.75) is 37.6 Å². The van der Waals surface area contributed by atoms with Crippen molar-refractivity contribution >= 4 is 11.8 Å². The standard InChI is InChI=1S/C19H22N4O3/c1-23-16(24)8-14(17(23)13-6-3-7-20-9-13)10-21-18(25)15-11-26-19(22-15)12-4-2-5-12/h3,6-7,9,11-12,14,17H,2,4-5,8,10H2,1H3,(H,21,25)/t14-,17-/m0/s1. The lowest BCUT2D eigenvalue weighted by atomic mass is 9.85. The summed E-state index contributed by atoms with van der Waals surface area (Å²) < 4.78 is 5.44. The van der Waals surface area contributed by atoms with E-state index in [1.54, 1.807) is 24.3 Å². The van der Waals surface area contributed by atoms with Gasteiger partial charge in [-0.2, -0.15) is 0 Å². The molecule has 7 heteroatoms. The van der Waals surface area contributed by atoms with E-state index in [0.717, 1.165) is 18.4 Å². The fourth-order valence-corrected chi connectivity index (χ4v) is 3.73. The number of nitrogens with one attached hydrogen (secondary N) is 1. The second-order valence-electron chi connectivity index (χ2n) is 7.11. The van der Waals surface area contributed by atoms with E-state index in [2.05, 4.69) is 15.3 Å². The molecule has 1 N–H and O–H groups in total. The smallest absolute Gasteiger partial charge is 0.273 e. The number of likely N-dealkylation sites (tertiary alicyclic amines) is 1. The Bertz CT molecular complexity index is 800. The van der Waals surface area contributed by atoms with Crippen LogP contribution < -0.4 is 5.32 Å². The Kier molecular flexibility index (Phi) is 4.44. The Balaban J connectivity index is 1.41. The highest BCUT2D eigenvalue weighted by molar-refractivity contribution is 5.92. The lowest BCUT2D eigenvalue weighted by Crippen LogP contribution is -2.32. The molecule has 0 radical (unpaired) electrons. The van der Waals surface area contributed by atoms with Gasteiger partial charge in [-0.1, -0.05) is 12.5 Å². The normalized spacial score (nSPS) is 23.1. The van der Waals surface area contributed by atoms with Crippen LogP contribution in [-0.4, -0.2) is 40.3 Å². The Morgan fingerprint density at radius 3 is 2.96 bits per heavy atom. The van der Waals surface area contributed by atoms with Crippen LogP contribution in [0.2, 0.25) is 0 Å². The van der Waals surface area contributed by atoms with Crippen molar-refractivity contribution in [2.75, 3.05) is 13.6 Å². The van der Waals surface area contributed by atoms with Gasteiger partial charge < -0.3 is 14.6 Å². The van der Waals surface area contributed by atoms with Crippen molar-refractivity contribution in [1.82, 2.24) is 20.2 Å². The Morgan fingerprint density at radius 2 is 2.27 bits per heavy atom. The summed E-state index contributed by atoms with van der Waals surface area (Å²) in [7, 11) is 1.80. The summed E-state index contributed by atoms with van der Waals surface area (Å²) in [5, 5.41) is 2.91. The lowest BCUT2D eigenvalue weighted by molar-refractivity contribution is -0.127. The minimum absolute atomic E-state index is 0.00125. The maximum atomic E-state index is 12.4. The van der Waals surface area contributed by atoms with Gasteiger partial charge in [-0.25, -0.2) is 4.98 Å². The van der Waals surface area contributed by atoms with Crippen LogP contribution in [0.1, 0.15) is 59.6 Å². The van der Waals surface area contributed by atoms with Crippen LogP contribution in [0, 0.1) is 5.92 Å². The SMILES string of the molecule is CN1C(=O)C[C@@H](CNC(=O)c2coc(C3CCC3)n2)[C@@H]1c1cccnc1. The zero-order chi connectivity index (χ0) is 18.1.